The lowest BCUT2D eigenvalue weighted by Crippen LogP contribution is -1.99. The van der Waals surface area contributed by atoms with Gasteiger partial charge in [-0.25, -0.2) is 9.48 Å². The molecule has 7 heteroatoms. The van der Waals surface area contributed by atoms with Crippen LogP contribution >= 0.6 is 0 Å². The Morgan fingerprint density at radius 1 is 1.50 bits per heavy atom. The predicted molar refractivity (Wildman–Crippen MR) is 50.7 cm³/mol. The second-order valence-corrected chi connectivity index (χ2v) is 3.14. The summed E-state index contributed by atoms with van der Waals surface area (Å²) < 4.78 is 6.50. The molecular weight excluding hydrogens is 214 g/mol. The minimum atomic E-state index is -1.11. The van der Waals surface area contributed by atoms with Crippen LogP contribution in [0, 0.1) is 0 Å². The van der Waals surface area contributed by atoms with Gasteiger partial charge < -0.3 is 14.6 Å². The van der Waals surface area contributed by atoms with Gasteiger partial charge in [0.1, 0.15) is 18.0 Å². The molecule has 84 valence electrons. The molecule has 0 amide bonds. The predicted octanol–water partition coefficient (Wildman–Crippen LogP) is 0.110. The molecule has 2 N–H and O–H groups in total. The van der Waals surface area contributed by atoms with E-state index >= 15 is 0 Å². The third-order valence-corrected chi connectivity index (χ3v) is 1.94. The van der Waals surface area contributed by atoms with Gasteiger partial charge >= 0.3 is 5.97 Å². The maximum Gasteiger partial charge on any atom is 0.371 e. The van der Waals surface area contributed by atoms with Crippen molar-refractivity contribution in [3.8, 4) is 0 Å². The third kappa shape index (κ3) is 2.09. The van der Waals surface area contributed by atoms with Crippen LogP contribution in [0.2, 0.25) is 0 Å². The third-order valence-electron chi connectivity index (χ3n) is 1.94. The Morgan fingerprint density at radius 2 is 2.31 bits per heavy atom. The number of furan rings is 1. The molecule has 0 aliphatic rings. The molecule has 2 rings (SSSR count). The molecule has 7 nitrogen and oxygen atoms in total. The summed E-state index contributed by atoms with van der Waals surface area (Å²) >= 11 is 0. The van der Waals surface area contributed by atoms with Crippen molar-refractivity contribution in [2.45, 2.75) is 13.2 Å². The van der Waals surface area contributed by atoms with E-state index in [1.807, 2.05) is 0 Å². The van der Waals surface area contributed by atoms with E-state index in [0.29, 0.717) is 11.5 Å². The highest BCUT2D eigenvalue weighted by Gasteiger charge is 2.09. The topological polar surface area (TPSA) is 101 Å². The zero-order valence-corrected chi connectivity index (χ0v) is 8.20. The molecule has 2 aromatic rings. The Kier molecular flexibility index (Phi) is 2.69. The number of rotatable bonds is 4. The summed E-state index contributed by atoms with van der Waals surface area (Å²) in [4.78, 5) is 10.6. The van der Waals surface area contributed by atoms with E-state index in [-0.39, 0.29) is 18.9 Å². The van der Waals surface area contributed by atoms with Gasteiger partial charge in [0, 0.05) is 0 Å². The summed E-state index contributed by atoms with van der Waals surface area (Å²) in [6.07, 6.45) is 1.56. The lowest BCUT2D eigenvalue weighted by molar-refractivity contribution is 0.0660. The van der Waals surface area contributed by atoms with Gasteiger partial charge in [0.15, 0.2) is 0 Å². The Hall–Kier alpha value is -2.15. The van der Waals surface area contributed by atoms with Crippen LogP contribution in [0.25, 0.3) is 0 Å². The highest BCUT2D eigenvalue weighted by Crippen LogP contribution is 2.09. The standard InChI is InChI=1S/C9H9N3O4/c13-5-6-3-12(11-10-6)4-7-1-2-8(16-7)9(14)15/h1-3,13H,4-5H2,(H,14,15). The Labute approximate surface area is 89.9 Å². The van der Waals surface area contributed by atoms with E-state index in [4.69, 9.17) is 14.6 Å². The molecule has 0 bridgehead atoms. The summed E-state index contributed by atoms with van der Waals surface area (Å²) in [6.45, 7) is 0.0960. The monoisotopic (exact) mass is 223 g/mol. The first-order valence-corrected chi connectivity index (χ1v) is 4.51. The van der Waals surface area contributed by atoms with Crippen molar-refractivity contribution < 1.29 is 19.4 Å². The van der Waals surface area contributed by atoms with E-state index in [0.717, 1.165) is 0 Å². The number of aliphatic hydroxyl groups excluding tert-OH is 1. The summed E-state index contributed by atoms with van der Waals surface area (Å²) in [5.74, 6) is -0.759. The van der Waals surface area contributed by atoms with Crippen molar-refractivity contribution in [3.05, 3.63) is 35.5 Å². The number of aliphatic hydroxyl groups is 1. The van der Waals surface area contributed by atoms with Gasteiger partial charge in [0.25, 0.3) is 0 Å². The zero-order valence-electron chi connectivity index (χ0n) is 8.20. The van der Waals surface area contributed by atoms with Gasteiger partial charge in [0.05, 0.1) is 12.8 Å². The minimum absolute atomic E-state index is 0.113. The molecule has 2 heterocycles. The van der Waals surface area contributed by atoms with Crippen molar-refractivity contribution in [3.63, 3.8) is 0 Å². The number of aromatic nitrogens is 3. The fraction of sp³-hybridized carbons (Fsp3) is 0.222. The number of carboxylic acids is 1. The highest BCUT2D eigenvalue weighted by atomic mass is 16.4. The fourth-order valence-electron chi connectivity index (χ4n) is 1.23. The van der Waals surface area contributed by atoms with Crippen molar-refractivity contribution in [2.24, 2.45) is 0 Å². The number of carboxylic acid groups (broad SMARTS) is 1. The van der Waals surface area contributed by atoms with Crippen LogP contribution in [0.4, 0.5) is 0 Å². The smallest absolute Gasteiger partial charge is 0.371 e. The van der Waals surface area contributed by atoms with E-state index in [9.17, 15) is 4.79 Å². The van der Waals surface area contributed by atoms with Crippen LogP contribution < -0.4 is 0 Å². The molecule has 0 radical (unpaired) electrons. The number of nitrogens with zero attached hydrogens (tertiary/aromatic N) is 3. The molecule has 0 atom stereocenters. The molecule has 0 saturated carbocycles. The van der Waals surface area contributed by atoms with E-state index < -0.39 is 5.97 Å². The number of aromatic carboxylic acids is 1. The second-order valence-electron chi connectivity index (χ2n) is 3.14. The van der Waals surface area contributed by atoms with E-state index in [1.54, 1.807) is 12.3 Å². The van der Waals surface area contributed by atoms with Crippen LogP contribution in [0.15, 0.2) is 22.7 Å². The molecule has 0 aromatic carbocycles. The van der Waals surface area contributed by atoms with Crippen molar-refractivity contribution >= 4 is 5.97 Å². The first-order valence-electron chi connectivity index (χ1n) is 4.51. The molecule has 2 aromatic heterocycles. The van der Waals surface area contributed by atoms with Crippen molar-refractivity contribution in [1.29, 1.82) is 0 Å². The van der Waals surface area contributed by atoms with Crippen molar-refractivity contribution in [1.82, 2.24) is 15.0 Å². The van der Waals surface area contributed by atoms with Crippen LogP contribution in [-0.4, -0.2) is 31.2 Å². The summed E-state index contributed by atoms with van der Waals surface area (Å²) in [6, 6.07) is 2.94. The molecule has 0 spiro atoms. The lowest BCUT2D eigenvalue weighted by Gasteiger charge is -1.95. The maximum atomic E-state index is 10.6. The zero-order chi connectivity index (χ0) is 11.5. The highest BCUT2D eigenvalue weighted by molar-refractivity contribution is 5.84. The van der Waals surface area contributed by atoms with Gasteiger partial charge in [-0.2, -0.15) is 0 Å². The van der Waals surface area contributed by atoms with E-state index in [1.165, 1.54) is 10.7 Å². The first kappa shape index (κ1) is 10.4. The molecule has 16 heavy (non-hydrogen) atoms. The Morgan fingerprint density at radius 3 is 2.88 bits per heavy atom. The summed E-state index contributed by atoms with van der Waals surface area (Å²) in [5.41, 5.74) is 0.449. The van der Waals surface area contributed by atoms with Crippen molar-refractivity contribution in [2.75, 3.05) is 0 Å². The largest absolute Gasteiger partial charge is 0.475 e. The molecule has 0 saturated heterocycles. The number of carbonyl (C=O) groups is 1. The van der Waals surface area contributed by atoms with E-state index in [2.05, 4.69) is 10.3 Å². The SMILES string of the molecule is O=C(O)c1ccc(Cn2cc(CO)nn2)o1. The summed E-state index contributed by atoms with van der Waals surface area (Å²) in [7, 11) is 0. The maximum absolute atomic E-state index is 10.6. The van der Waals surface area contributed by atoms with Gasteiger partial charge in [0.2, 0.25) is 5.76 Å². The average molecular weight is 223 g/mol. The van der Waals surface area contributed by atoms with Gasteiger partial charge in [-0.15, -0.1) is 5.10 Å². The Balaban J connectivity index is 2.11. The molecule has 0 fully saturated rings. The quantitative estimate of drug-likeness (QED) is 0.762. The second kappa shape index (κ2) is 4.15. The lowest BCUT2D eigenvalue weighted by atomic mass is 10.4. The average Bonchev–Trinajstić information content (AvgIpc) is 2.87. The Bertz CT molecular complexity index is 502. The number of hydrogen-bond donors (Lipinski definition) is 2. The van der Waals surface area contributed by atoms with Crippen LogP contribution in [-0.2, 0) is 13.2 Å². The molecule has 0 aliphatic carbocycles. The number of hydrogen-bond acceptors (Lipinski definition) is 5. The van der Waals surface area contributed by atoms with Crippen LogP contribution in [0.5, 0.6) is 0 Å². The van der Waals surface area contributed by atoms with Crippen LogP contribution in [0.1, 0.15) is 22.0 Å². The van der Waals surface area contributed by atoms with Crippen LogP contribution in [0.3, 0.4) is 0 Å². The fourth-order valence-corrected chi connectivity index (χ4v) is 1.23. The minimum Gasteiger partial charge on any atom is -0.475 e. The van der Waals surface area contributed by atoms with Gasteiger partial charge in [-0.05, 0) is 12.1 Å². The normalized spacial score (nSPS) is 10.6. The van der Waals surface area contributed by atoms with Gasteiger partial charge in [-0.3, -0.25) is 0 Å². The molecule has 0 aliphatic heterocycles. The summed E-state index contributed by atoms with van der Waals surface area (Å²) in [5, 5.41) is 24.8. The van der Waals surface area contributed by atoms with Gasteiger partial charge in [-0.1, -0.05) is 5.21 Å². The first-order chi connectivity index (χ1) is 7.69. The molecular formula is C9H9N3O4. The molecule has 0 unspecified atom stereocenters.